The van der Waals surface area contributed by atoms with E-state index in [9.17, 15) is 13.2 Å². The monoisotopic (exact) mass is 457 g/mol. The minimum Gasteiger partial charge on any atom is -0.494 e. The van der Waals surface area contributed by atoms with Crippen LogP contribution in [0.25, 0.3) is 10.6 Å². The molecule has 0 aliphatic carbocycles. The Morgan fingerprint density at radius 3 is 2.35 bits per heavy atom. The highest BCUT2D eigenvalue weighted by Gasteiger charge is 2.31. The second kappa shape index (κ2) is 9.17. The predicted octanol–water partition coefficient (Wildman–Crippen LogP) is 3.36. The Morgan fingerprint density at radius 2 is 1.71 bits per heavy atom. The number of amides is 1. The van der Waals surface area contributed by atoms with Crippen LogP contribution in [-0.2, 0) is 10.0 Å². The molecule has 3 aromatic rings. The Hall–Kier alpha value is -2.75. The first-order valence-corrected chi connectivity index (χ1v) is 12.3. The Balaban J connectivity index is 1.40. The van der Waals surface area contributed by atoms with Gasteiger partial charge in [0.05, 0.1) is 11.5 Å². The molecule has 1 aliphatic rings. The number of carbonyl (C=O) groups excluding carboxylic acids is 1. The van der Waals surface area contributed by atoms with Crippen molar-refractivity contribution in [3.8, 4) is 16.3 Å². The summed E-state index contributed by atoms with van der Waals surface area (Å²) in [6.45, 7) is 3.54. The topological polar surface area (TPSA) is 79.8 Å². The van der Waals surface area contributed by atoms with Crippen LogP contribution in [0.1, 0.15) is 17.4 Å². The van der Waals surface area contributed by atoms with Gasteiger partial charge >= 0.3 is 0 Å². The molecule has 0 atom stereocenters. The number of hydrogen-bond donors (Lipinski definition) is 0. The van der Waals surface area contributed by atoms with E-state index in [1.54, 1.807) is 34.5 Å². The molecular weight excluding hydrogens is 434 g/mol. The Bertz CT molecular complexity index is 1140. The Morgan fingerprint density at radius 1 is 1.03 bits per heavy atom. The van der Waals surface area contributed by atoms with Crippen LogP contribution in [0.15, 0.2) is 64.9 Å². The second-order valence-electron chi connectivity index (χ2n) is 7.00. The predicted molar refractivity (Wildman–Crippen MR) is 120 cm³/mol. The minimum absolute atomic E-state index is 0.170. The standard InChI is InChI=1S/C22H23N3O4S2/c1-2-29-18-8-10-19(11-9-18)31(27,28)25-14-12-24(13-15-25)22(26)20-16-30-21(23-20)17-6-4-3-5-7-17/h3-11,16H,2,12-15H2,1H3. The molecule has 1 aliphatic heterocycles. The van der Waals surface area contributed by atoms with Crippen molar-refractivity contribution in [1.82, 2.24) is 14.2 Å². The fourth-order valence-corrected chi connectivity index (χ4v) is 5.62. The number of benzene rings is 2. The van der Waals surface area contributed by atoms with Crippen LogP contribution in [-0.4, -0.2) is 61.3 Å². The van der Waals surface area contributed by atoms with E-state index in [0.717, 1.165) is 10.6 Å². The van der Waals surface area contributed by atoms with Crippen LogP contribution >= 0.6 is 11.3 Å². The summed E-state index contributed by atoms with van der Waals surface area (Å²) in [5.74, 6) is 0.464. The SMILES string of the molecule is CCOc1ccc(S(=O)(=O)N2CCN(C(=O)c3csc(-c4ccccc4)n3)CC2)cc1. The molecule has 1 saturated heterocycles. The molecular formula is C22H23N3O4S2. The quantitative estimate of drug-likeness (QED) is 0.567. The fourth-order valence-electron chi connectivity index (χ4n) is 3.40. The maximum Gasteiger partial charge on any atom is 0.273 e. The number of aromatic nitrogens is 1. The van der Waals surface area contributed by atoms with E-state index in [1.807, 2.05) is 37.3 Å². The number of piperazine rings is 1. The lowest BCUT2D eigenvalue weighted by molar-refractivity contribution is 0.0693. The van der Waals surface area contributed by atoms with Crippen LogP contribution in [0.2, 0.25) is 0 Å². The molecule has 2 heterocycles. The van der Waals surface area contributed by atoms with Gasteiger partial charge in [-0.15, -0.1) is 11.3 Å². The first kappa shape index (κ1) is 21.5. The maximum absolute atomic E-state index is 12.9. The molecule has 0 bridgehead atoms. The first-order valence-electron chi connectivity index (χ1n) is 10.0. The van der Waals surface area contributed by atoms with Crippen molar-refractivity contribution in [3.05, 3.63) is 65.7 Å². The van der Waals surface area contributed by atoms with Gasteiger partial charge in [-0.1, -0.05) is 30.3 Å². The van der Waals surface area contributed by atoms with Crippen molar-refractivity contribution in [1.29, 1.82) is 0 Å². The average Bonchev–Trinajstić information content (AvgIpc) is 3.30. The molecule has 0 spiro atoms. The molecule has 0 unspecified atom stereocenters. The highest BCUT2D eigenvalue weighted by Crippen LogP contribution is 2.25. The molecule has 0 saturated carbocycles. The summed E-state index contributed by atoms with van der Waals surface area (Å²) in [4.78, 5) is 19.2. The lowest BCUT2D eigenvalue weighted by Gasteiger charge is -2.33. The number of rotatable bonds is 6. The molecule has 31 heavy (non-hydrogen) atoms. The number of thiazole rings is 1. The number of hydrogen-bond acceptors (Lipinski definition) is 6. The third kappa shape index (κ3) is 4.63. The van der Waals surface area contributed by atoms with Gasteiger partial charge in [0, 0.05) is 37.1 Å². The summed E-state index contributed by atoms with van der Waals surface area (Å²) < 4.78 is 32.7. The molecule has 9 heteroatoms. The van der Waals surface area contributed by atoms with Gasteiger partial charge in [0.25, 0.3) is 5.91 Å². The lowest BCUT2D eigenvalue weighted by Crippen LogP contribution is -2.50. The number of sulfonamides is 1. The van der Waals surface area contributed by atoms with Gasteiger partial charge in [0.2, 0.25) is 10.0 Å². The van der Waals surface area contributed by atoms with Crippen LogP contribution in [0.4, 0.5) is 0 Å². The lowest BCUT2D eigenvalue weighted by atomic mass is 10.2. The van der Waals surface area contributed by atoms with Crippen molar-refractivity contribution in [2.75, 3.05) is 32.8 Å². The third-order valence-corrected chi connectivity index (χ3v) is 7.85. The van der Waals surface area contributed by atoms with Crippen molar-refractivity contribution < 1.29 is 17.9 Å². The van der Waals surface area contributed by atoms with Gasteiger partial charge < -0.3 is 9.64 Å². The van der Waals surface area contributed by atoms with Gasteiger partial charge in [-0.2, -0.15) is 4.31 Å². The third-order valence-electron chi connectivity index (χ3n) is 5.04. The van der Waals surface area contributed by atoms with Gasteiger partial charge in [0.1, 0.15) is 16.5 Å². The molecule has 0 radical (unpaired) electrons. The smallest absolute Gasteiger partial charge is 0.273 e. The van der Waals surface area contributed by atoms with E-state index in [4.69, 9.17) is 4.74 Å². The largest absolute Gasteiger partial charge is 0.494 e. The summed E-state index contributed by atoms with van der Waals surface area (Å²) in [5, 5.41) is 2.55. The van der Waals surface area contributed by atoms with Gasteiger partial charge in [-0.3, -0.25) is 4.79 Å². The van der Waals surface area contributed by atoms with Crippen LogP contribution in [0.5, 0.6) is 5.75 Å². The summed E-state index contributed by atoms with van der Waals surface area (Å²) in [6, 6.07) is 16.1. The van der Waals surface area contributed by atoms with E-state index in [0.29, 0.717) is 31.1 Å². The number of nitrogens with zero attached hydrogens (tertiary/aromatic N) is 3. The molecule has 4 rings (SSSR count). The fraction of sp³-hybridized carbons (Fsp3) is 0.273. The summed E-state index contributed by atoms with van der Waals surface area (Å²) in [5.41, 5.74) is 1.37. The normalized spacial score (nSPS) is 15.1. The summed E-state index contributed by atoms with van der Waals surface area (Å²) in [7, 11) is -3.61. The number of carbonyl (C=O) groups is 1. The number of ether oxygens (including phenoxy) is 1. The zero-order chi connectivity index (χ0) is 21.8. The molecule has 1 amide bonds. The Kier molecular flexibility index (Phi) is 6.35. The van der Waals surface area contributed by atoms with Gasteiger partial charge in [-0.05, 0) is 31.2 Å². The summed E-state index contributed by atoms with van der Waals surface area (Å²) >= 11 is 1.43. The summed E-state index contributed by atoms with van der Waals surface area (Å²) in [6.07, 6.45) is 0. The van der Waals surface area contributed by atoms with Crippen LogP contribution in [0, 0.1) is 0 Å². The van der Waals surface area contributed by atoms with E-state index in [1.165, 1.54) is 15.6 Å². The molecule has 162 valence electrons. The zero-order valence-corrected chi connectivity index (χ0v) is 18.7. The van der Waals surface area contributed by atoms with Crippen molar-refractivity contribution in [2.45, 2.75) is 11.8 Å². The molecule has 2 aromatic carbocycles. The molecule has 0 N–H and O–H groups in total. The van der Waals surface area contributed by atoms with Gasteiger partial charge in [-0.25, -0.2) is 13.4 Å². The zero-order valence-electron chi connectivity index (χ0n) is 17.1. The van der Waals surface area contributed by atoms with E-state index in [-0.39, 0.29) is 23.9 Å². The van der Waals surface area contributed by atoms with Crippen molar-refractivity contribution in [3.63, 3.8) is 0 Å². The highest BCUT2D eigenvalue weighted by molar-refractivity contribution is 7.89. The van der Waals surface area contributed by atoms with Gasteiger partial charge in [0.15, 0.2) is 0 Å². The average molecular weight is 458 g/mol. The van der Waals surface area contributed by atoms with E-state index in [2.05, 4.69) is 4.98 Å². The molecule has 1 aromatic heterocycles. The maximum atomic E-state index is 12.9. The van der Waals surface area contributed by atoms with Crippen LogP contribution < -0.4 is 4.74 Å². The first-order chi connectivity index (χ1) is 15.0. The van der Waals surface area contributed by atoms with Crippen LogP contribution in [0.3, 0.4) is 0 Å². The highest BCUT2D eigenvalue weighted by atomic mass is 32.2. The van der Waals surface area contributed by atoms with E-state index < -0.39 is 10.0 Å². The second-order valence-corrected chi connectivity index (χ2v) is 9.80. The molecule has 7 nitrogen and oxygen atoms in total. The van der Waals surface area contributed by atoms with Crippen molar-refractivity contribution >= 4 is 27.3 Å². The van der Waals surface area contributed by atoms with Crippen molar-refractivity contribution in [2.24, 2.45) is 0 Å². The Labute approximate surface area is 186 Å². The van der Waals surface area contributed by atoms with E-state index >= 15 is 0 Å². The minimum atomic E-state index is -3.61. The molecule has 1 fully saturated rings.